The number of H-pyrrole nitrogens is 1. The van der Waals surface area contributed by atoms with Crippen LogP contribution in [0.4, 0.5) is 0 Å². The van der Waals surface area contributed by atoms with Crippen LogP contribution in [0.15, 0.2) is 4.79 Å². The Morgan fingerprint density at radius 1 is 1.24 bits per heavy atom. The van der Waals surface area contributed by atoms with Crippen molar-refractivity contribution >= 4 is 0 Å². The number of aryl methyl sites for hydroxylation is 2. The maximum Gasteiger partial charge on any atom is 0.255 e. The van der Waals surface area contributed by atoms with Crippen molar-refractivity contribution in [2.45, 2.75) is 59.0 Å². The van der Waals surface area contributed by atoms with Gasteiger partial charge in [0.2, 0.25) is 0 Å². The van der Waals surface area contributed by atoms with Crippen molar-refractivity contribution in [2.24, 2.45) is 0 Å². The predicted octanol–water partition coefficient (Wildman–Crippen LogP) is 1.91. The molecule has 2 heterocycles. The van der Waals surface area contributed by atoms with Gasteiger partial charge in [0.05, 0.1) is 5.56 Å². The summed E-state index contributed by atoms with van der Waals surface area (Å²) in [6, 6.07) is 0.527. The Morgan fingerprint density at radius 3 is 2.52 bits per heavy atom. The van der Waals surface area contributed by atoms with Crippen LogP contribution in [-0.2, 0) is 0 Å². The molecule has 1 aliphatic rings. The second-order valence-corrected chi connectivity index (χ2v) is 6.23. The number of rotatable bonds is 5. The zero-order valence-corrected chi connectivity index (χ0v) is 13.7. The second kappa shape index (κ2) is 7.18. The van der Waals surface area contributed by atoms with E-state index in [1.165, 1.54) is 32.4 Å². The number of hydrogen-bond donors (Lipinski definition) is 2. The average molecular weight is 292 g/mol. The number of hydrogen-bond acceptors (Lipinski definition) is 4. The number of nitrogens with zero attached hydrogens (tertiary/aromatic N) is 2. The maximum absolute atomic E-state index is 12.1. The van der Waals surface area contributed by atoms with E-state index in [1.807, 2.05) is 20.8 Å². The molecule has 0 aliphatic carbocycles. The van der Waals surface area contributed by atoms with Crippen LogP contribution in [0.5, 0.6) is 0 Å². The molecular formula is C16H28N4O. The largest absolute Gasteiger partial charge is 0.310 e. The van der Waals surface area contributed by atoms with E-state index in [9.17, 15) is 4.79 Å². The molecule has 2 rings (SSSR count). The molecule has 2 unspecified atom stereocenters. The summed E-state index contributed by atoms with van der Waals surface area (Å²) in [5, 5.41) is 3.50. The highest BCUT2D eigenvalue weighted by Gasteiger charge is 2.19. The standard InChI is InChI=1S/C16H28N4O/c1-11(20-8-6-5-7-9-20)10-17-12(2)15-13(3)18-14(4)19-16(15)21/h11-12,17H,5-10H2,1-4H3,(H,18,19,21). The number of likely N-dealkylation sites (tertiary alicyclic amines) is 1. The molecule has 118 valence electrons. The SMILES string of the molecule is Cc1nc(C)c(C(C)NCC(C)N2CCCCC2)c(=O)[nH]1. The Morgan fingerprint density at radius 2 is 1.90 bits per heavy atom. The normalized spacial score (nSPS) is 19.4. The van der Waals surface area contributed by atoms with Crippen molar-refractivity contribution in [3.05, 3.63) is 27.4 Å². The number of aromatic nitrogens is 2. The molecule has 0 spiro atoms. The summed E-state index contributed by atoms with van der Waals surface area (Å²) in [5.41, 5.74) is 1.55. The van der Waals surface area contributed by atoms with Crippen molar-refractivity contribution in [1.82, 2.24) is 20.2 Å². The lowest BCUT2D eigenvalue weighted by atomic mass is 10.1. The summed E-state index contributed by atoms with van der Waals surface area (Å²) >= 11 is 0. The van der Waals surface area contributed by atoms with Crippen LogP contribution < -0.4 is 10.9 Å². The fraction of sp³-hybridized carbons (Fsp3) is 0.750. The zero-order chi connectivity index (χ0) is 15.4. The maximum atomic E-state index is 12.1. The van der Waals surface area contributed by atoms with Crippen LogP contribution in [0.2, 0.25) is 0 Å². The minimum absolute atomic E-state index is 0.0223. The minimum Gasteiger partial charge on any atom is -0.310 e. The third-order valence-electron chi connectivity index (χ3n) is 4.43. The van der Waals surface area contributed by atoms with Gasteiger partial charge in [-0.3, -0.25) is 9.69 Å². The van der Waals surface area contributed by atoms with Crippen molar-refractivity contribution in [1.29, 1.82) is 0 Å². The van der Waals surface area contributed by atoms with E-state index < -0.39 is 0 Å². The highest BCUT2D eigenvalue weighted by molar-refractivity contribution is 5.20. The van der Waals surface area contributed by atoms with E-state index in [-0.39, 0.29) is 11.6 Å². The van der Waals surface area contributed by atoms with Gasteiger partial charge in [0.15, 0.2) is 0 Å². The molecule has 5 heteroatoms. The summed E-state index contributed by atoms with van der Waals surface area (Å²) in [6.45, 7) is 11.3. The second-order valence-electron chi connectivity index (χ2n) is 6.23. The Balaban J connectivity index is 1.95. The van der Waals surface area contributed by atoms with E-state index in [4.69, 9.17) is 0 Å². The lowest BCUT2D eigenvalue weighted by Crippen LogP contribution is -2.44. The quantitative estimate of drug-likeness (QED) is 0.870. The lowest BCUT2D eigenvalue weighted by Gasteiger charge is -2.33. The van der Waals surface area contributed by atoms with E-state index >= 15 is 0 Å². The molecule has 2 N–H and O–H groups in total. The molecule has 21 heavy (non-hydrogen) atoms. The molecule has 1 fully saturated rings. The predicted molar refractivity (Wildman–Crippen MR) is 85.6 cm³/mol. The molecule has 5 nitrogen and oxygen atoms in total. The molecule has 1 aliphatic heterocycles. The minimum atomic E-state index is -0.0226. The first kappa shape index (κ1) is 16.2. The van der Waals surface area contributed by atoms with Crippen LogP contribution in [0, 0.1) is 13.8 Å². The van der Waals surface area contributed by atoms with Gasteiger partial charge in [0, 0.05) is 24.3 Å². The third-order valence-corrected chi connectivity index (χ3v) is 4.43. The first-order chi connectivity index (χ1) is 9.99. The molecule has 0 amide bonds. The van der Waals surface area contributed by atoms with Gasteiger partial charge in [-0.2, -0.15) is 0 Å². The Labute approximate surface area is 127 Å². The third kappa shape index (κ3) is 4.14. The number of nitrogens with one attached hydrogen (secondary N) is 2. The van der Waals surface area contributed by atoms with E-state index in [1.54, 1.807) is 0 Å². The van der Waals surface area contributed by atoms with Crippen molar-refractivity contribution in [2.75, 3.05) is 19.6 Å². The van der Waals surface area contributed by atoms with Gasteiger partial charge in [-0.05, 0) is 53.6 Å². The monoisotopic (exact) mass is 292 g/mol. The molecule has 0 saturated carbocycles. The molecule has 2 atom stereocenters. The van der Waals surface area contributed by atoms with Crippen molar-refractivity contribution in [3.63, 3.8) is 0 Å². The average Bonchev–Trinajstić information content (AvgIpc) is 2.44. The molecule has 1 aromatic heterocycles. The lowest BCUT2D eigenvalue weighted by molar-refractivity contribution is 0.168. The summed E-state index contributed by atoms with van der Waals surface area (Å²) in [5.74, 6) is 0.676. The van der Waals surface area contributed by atoms with Crippen LogP contribution >= 0.6 is 0 Å². The van der Waals surface area contributed by atoms with Crippen LogP contribution in [0.1, 0.15) is 56.2 Å². The molecular weight excluding hydrogens is 264 g/mol. The first-order valence-electron chi connectivity index (χ1n) is 8.04. The molecule has 0 aromatic carbocycles. The van der Waals surface area contributed by atoms with Crippen molar-refractivity contribution in [3.8, 4) is 0 Å². The van der Waals surface area contributed by atoms with Gasteiger partial charge in [-0.25, -0.2) is 4.98 Å². The number of piperidine rings is 1. The smallest absolute Gasteiger partial charge is 0.255 e. The Bertz CT molecular complexity index is 519. The number of aromatic amines is 1. The van der Waals surface area contributed by atoms with E-state index in [2.05, 4.69) is 27.1 Å². The molecule has 0 radical (unpaired) electrons. The molecule has 1 aromatic rings. The highest BCUT2D eigenvalue weighted by atomic mass is 16.1. The van der Waals surface area contributed by atoms with Crippen LogP contribution in [0.25, 0.3) is 0 Å². The van der Waals surface area contributed by atoms with E-state index in [0.29, 0.717) is 11.9 Å². The Hall–Kier alpha value is -1.20. The van der Waals surface area contributed by atoms with Crippen LogP contribution in [-0.4, -0.2) is 40.5 Å². The van der Waals surface area contributed by atoms with Crippen LogP contribution in [0.3, 0.4) is 0 Å². The molecule has 0 bridgehead atoms. The summed E-state index contributed by atoms with van der Waals surface area (Å²) in [7, 11) is 0. The topological polar surface area (TPSA) is 61.0 Å². The summed E-state index contributed by atoms with van der Waals surface area (Å²) in [6.07, 6.45) is 3.97. The summed E-state index contributed by atoms with van der Waals surface area (Å²) in [4.78, 5) is 21.8. The fourth-order valence-electron chi connectivity index (χ4n) is 3.18. The zero-order valence-electron chi connectivity index (χ0n) is 13.7. The van der Waals surface area contributed by atoms with Gasteiger partial charge in [-0.15, -0.1) is 0 Å². The van der Waals surface area contributed by atoms with Gasteiger partial charge in [0.25, 0.3) is 5.56 Å². The fourth-order valence-corrected chi connectivity index (χ4v) is 3.18. The molecule has 1 saturated heterocycles. The van der Waals surface area contributed by atoms with Gasteiger partial charge in [-0.1, -0.05) is 6.42 Å². The van der Waals surface area contributed by atoms with Gasteiger partial charge < -0.3 is 10.3 Å². The summed E-state index contributed by atoms with van der Waals surface area (Å²) < 4.78 is 0. The van der Waals surface area contributed by atoms with Crippen molar-refractivity contribution < 1.29 is 0 Å². The van der Waals surface area contributed by atoms with Gasteiger partial charge >= 0.3 is 0 Å². The highest BCUT2D eigenvalue weighted by Crippen LogP contribution is 2.14. The van der Waals surface area contributed by atoms with E-state index in [0.717, 1.165) is 17.8 Å². The Kier molecular flexibility index (Phi) is 5.53. The first-order valence-corrected chi connectivity index (χ1v) is 8.04. The van der Waals surface area contributed by atoms with Gasteiger partial charge in [0.1, 0.15) is 5.82 Å².